The first-order valence-electron chi connectivity index (χ1n) is 10.7. The molecule has 8 nitrogen and oxygen atoms in total. The number of allylic oxidation sites excluding steroid dienone is 1. The van der Waals surface area contributed by atoms with Gasteiger partial charge in [-0.15, -0.1) is 11.8 Å². The van der Waals surface area contributed by atoms with E-state index in [0.717, 1.165) is 56.7 Å². The van der Waals surface area contributed by atoms with Crippen molar-refractivity contribution in [3.05, 3.63) is 41.6 Å². The van der Waals surface area contributed by atoms with E-state index in [1.165, 1.54) is 0 Å². The third kappa shape index (κ3) is 4.52. The molecular formula is C23H27N5O3S. The quantitative estimate of drug-likeness (QED) is 0.702. The van der Waals surface area contributed by atoms with E-state index in [1.807, 2.05) is 35.9 Å². The van der Waals surface area contributed by atoms with Gasteiger partial charge in [0.05, 0.1) is 17.9 Å². The monoisotopic (exact) mass is 453 g/mol. The third-order valence-electron chi connectivity index (χ3n) is 6.43. The van der Waals surface area contributed by atoms with E-state index < -0.39 is 0 Å². The van der Waals surface area contributed by atoms with Gasteiger partial charge in [-0.2, -0.15) is 5.26 Å². The van der Waals surface area contributed by atoms with E-state index in [-0.39, 0.29) is 17.3 Å². The summed E-state index contributed by atoms with van der Waals surface area (Å²) in [6.45, 7) is 3.35. The number of hydrogen-bond acceptors (Lipinski definition) is 7. The van der Waals surface area contributed by atoms with Crippen LogP contribution in [0.1, 0.15) is 24.8 Å². The number of carbonyl (C=O) groups excluding carboxylic acids is 1. The summed E-state index contributed by atoms with van der Waals surface area (Å²) >= 11 is 1.61. The Morgan fingerprint density at radius 1 is 1.31 bits per heavy atom. The summed E-state index contributed by atoms with van der Waals surface area (Å²) in [4.78, 5) is 21.4. The van der Waals surface area contributed by atoms with E-state index >= 15 is 0 Å². The molecule has 0 radical (unpaired) electrons. The second-order valence-corrected chi connectivity index (χ2v) is 9.26. The van der Waals surface area contributed by atoms with Gasteiger partial charge in [0.25, 0.3) is 0 Å². The third-order valence-corrected chi connectivity index (χ3v) is 7.46. The predicted molar refractivity (Wildman–Crippen MR) is 125 cm³/mol. The molecule has 4 aliphatic rings. The second kappa shape index (κ2) is 9.76. The number of hydrogen-bond donors (Lipinski definition) is 1. The molecule has 2 unspecified atom stereocenters. The van der Waals surface area contributed by atoms with Crippen molar-refractivity contribution in [1.82, 2.24) is 4.90 Å². The van der Waals surface area contributed by atoms with Crippen LogP contribution >= 0.6 is 11.8 Å². The van der Waals surface area contributed by atoms with Crippen LogP contribution in [0.15, 0.2) is 46.0 Å². The van der Waals surface area contributed by atoms with Crippen LogP contribution in [-0.4, -0.2) is 67.1 Å². The Bertz CT molecular complexity index is 979. The fourth-order valence-corrected chi connectivity index (χ4v) is 5.67. The zero-order chi connectivity index (χ0) is 22.6. The number of nitrogens with zero attached hydrogens (tertiary/aromatic N) is 4. The van der Waals surface area contributed by atoms with Gasteiger partial charge in [0.1, 0.15) is 17.8 Å². The van der Waals surface area contributed by atoms with Crippen LogP contribution in [0.4, 0.5) is 4.79 Å². The SMILES string of the molecule is COC1=NC(C#N)=C(c2ccccc2)C2SC=NC12.NC(=O)N1CCC2(CCOCC2)C1. The molecule has 4 heterocycles. The number of amides is 2. The molecule has 0 aliphatic carbocycles. The Kier molecular flexibility index (Phi) is 6.82. The molecule has 2 atom stereocenters. The van der Waals surface area contributed by atoms with Crippen LogP contribution in [-0.2, 0) is 9.47 Å². The van der Waals surface area contributed by atoms with Crippen molar-refractivity contribution in [2.75, 3.05) is 33.4 Å². The van der Waals surface area contributed by atoms with Crippen molar-refractivity contribution in [2.45, 2.75) is 30.6 Å². The molecule has 4 aliphatic heterocycles. The minimum atomic E-state index is -0.275. The number of nitrogens with two attached hydrogens (primary N) is 1. The number of benzene rings is 1. The summed E-state index contributed by atoms with van der Waals surface area (Å²) < 4.78 is 10.6. The number of thioether (sulfide) groups is 1. The van der Waals surface area contributed by atoms with Gasteiger partial charge in [0.2, 0.25) is 5.90 Å². The first kappa shape index (κ1) is 22.4. The summed E-state index contributed by atoms with van der Waals surface area (Å²) in [7, 11) is 1.57. The largest absolute Gasteiger partial charge is 0.482 e. The van der Waals surface area contributed by atoms with Gasteiger partial charge in [-0.1, -0.05) is 30.3 Å². The molecule has 32 heavy (non-hydrogen) atoms. The lowest BCUT2D eigenvalue weighted by Crippen LogP contribution is -2.38. The highest BCUT2D eigenvalue weighted by Crippen LogP contribution is 2.40. The average molecular weight is 454 g/mol. The molecule has 2 fully saturated rings. The first-order valence-corrected chi connectivity index (χ1v) is 11.6. The van der Waals surface area contributed by atoms with E-state index in [2.05, 4.69) is 16.1 Å². The fraction of sp³-hybridized carbons (Fsp3) is 0.478. The molecule has 9 heteroatoms. The van der Waals surface area contributed by atoms with Crippen LogP contribution in [0.3, 0.4) is 0 Å². The number of carbonyl (C=O) groups is 1. The number of primary amides is 1. The van der Waals surface area contributed by atoms with Crippen LogP contribution < -0.4 is 5.73 Å². The topological polar surface area (TPSA) is 113 Å². The highest BCUT2D eigenvalue weighted by molar-refractivity contribution is 8.13. The lowest BCUT2D eigenvalue weighted by atomic mass is 9.80. The Morgan fingerprint density at radius 3 is 2.69 bits per heavy atom. The molecule has 1 aromatic rings. The standard InChI is InChI=1S/C14H11N3OS.C9H16N2O2/c1-18-14-12-13(19-8-16-12)11(10(7-15)17-14)9-5-3-2-4-6-9;10-8(12)11-4-1-9(7-11)2-5-13-6-3-9/h2-6,8,12-13H,1H3;1-7H2,(H2,10,12). The second-order valence-electron chi connectivity index (χ2n) is 8.27. The van der Waals surface area contributed by atoms with E-state index in [0.29, 0.717) is 17.0 Å². The van der Waals surface area contributed by atoms with Crippen LogP contribution in [0, 0.1) is 16.7 Å². The number of methoxy groups -OCH3 is 1. The Labute approximate surface area is 192 Å². The maximum Gasteiger partial charge on any atom is 0.314 e. The number of nitriles is 1. The molecule has 2 N–H and O–H groups in total. The van der Waals surface area contributed by atoms with Gasteiger partial charge in [-0.3, -0.25) is 4.99 Å². The van der Waals surface area contributed by atoms with Crippen molar-refractivity contribution in [3.8, 4) is 6.07 Å². The maximum atomic E-state index is 10.9. The molecule has 2 amide bonds. The predicted octanol–water partition coefficient (Wildman–Crippen LogP) is 3.06. The maximum absolute atomic E-state index is 10.9. The molecule has 168 valence electrons. The van der Waals surface area contributed by atoms with Crippen LogP contribution in [0.5, 0.6) is 0 Å². The van der Waals surface area contributed by atoms with Gasteiger partial charge >= 0.3 is 6.03 Å². The number of aliphatic imine (C=N–C) groups is 2. The van der Waals surface area contributed by atoms with E-state index in [1.54, 1.807) is 23.8 Å². The van der Waals surface area contributed by atoms with Gasteiger partial charge < -0.3 is 20.1 Å². The minimum Gasteiger partial charge on any atom is -0.482 e. The summed E-state index contributed by atoms with van der Waals surface area (Å²) in [6.07, 6.45) is 3.26. The molecule has 0 bridgehead atoms. The first-order chi connectivity index (χ1) is 15.6. The van der Waals surface area contributed by atoms with Crippen molar-refractivity contribution in [3.63, 3.8) is 0 Å². The van der Waals surface area contributed by atoms with Crippen LogP contribution in [0.25, 0.3) is 5.57 Å². The molecule has 1 aromatic carbocycles. The number of rotatable bonds is 1. The minimum absolute atomic E-state index is 0.0736. The number of ether oxygens (including phenoxy) is 2. The molecule has 5 rings (SSSR count). The zero-order valence-electron chi connectivity index (χ0n) is 18.1. The molecule has 0 saturated carbocycles. The smallest absolute Gasteiger partial charge is 0.314 e. The highest BCUT2D eigenvalue weighted by Gasteiger charge is 2.41. The lowest BCUT2D eigenvalue weighted by Gasteiger charge is -2.32. The Balaban J connectivity index is 0.000000165. The molecular weight excluding hydrogens is 426 g/mol. The van der Waals surface area contributed by atoms with Crippen LogP contribution in [0.2, 0.25) is 0 Å². The van der Waals surface area contributed by atoms with E-state index in [9.17, 15) is 10.1 Å². The Hall–Kier alpha value is -2.83. The van der Waals surface area contributed by atoms with Gasteiger partial charge in [-0.25, -0.2) is 9.79 Å². The highest BCUT2D eigenvalue weighted by atomic mass is 32.2. The summed E-state index contributed by atoms with van der Waals surface area (Å²) in [6, 6.07) is 11.6. The van der Waals surface area contributed by atoms with Crippen molar-refractivity contribution < 1.29 is 14.3 Å². The summed E-state index contributed by atoms with van der Waals surface area (Å²) in [5.74, 6) is 0.516. The van der Waals surface area contributed by atoms with Gasteiger partial charge in [0.15, 0.2) is 0 Å². The van der Waals surface area contributed by atoms with Crippen molar-refractivity contribution in [2.24, 2.45) is 21.1 Å². The average Bonchev–Trinajstić information content (AvgIpc) is 3.47. The van der Waals surface area contributed by atoms with E-state index in [4.69, 9.17) is 15.2 Å². The van der Waals surface area contributed by atoms with Crippen molar-refractivity contribution in [1.29, 1.82) is 5.26 Å². The Morgan fingerprint density at radius 2 is 2.06 bits per heavy atom. The molecule has 1 spiro atoms. The van der Waals surface area contributed by atoms with Crippen molar-refractivity contribution >= 4 is 34.8 Å². The molecule has 2 saturated heterocycles. The molecule has 0 aromatic heterocycles. The normalized spacial score (nSPS) is 25.5. The fourth-order valence-electron chi connectivity index (χ4n) is 4.62. The summed E-state index contributed by atoms with van der Waals surface area (Å²) in [5, 5.41) is 9.41. The summed E-state index contributed by atoms with van der Waals surface area (Å²) in [5.41, 5.74) is 9.76. The van der Waals surface area contributed by atoms with Gasteiger partial charge in [0, 0.05) is 31.9 Å². The number of likely N-dealkylation sites (tertiary alicyclic amines) is 1. The van der Waals surface area contributed by atoms with Gasteiger partial charge in [-0.05, 0) is 30.2 Å². The lowest BCUT2D eigenvalue weighted by molar-refractivity contribution is 0.0210. The number of urea groups is 1. The zero-order valence-corrected chi connectivity index (χ0v) is 18.9. The number of fused-ring (bicyclic) bond motifs is 1.